The average Bonchev–Trinajstić information content (AvgIpc) is 2.74. The van der Waals surface area contributed by atoms with E-state index >= 15 is 0 Å². The molecule has 0 amide bonds. The van der Waals surface area contributed by atoms with Crippen molar-refractivity contribution in [2.24, 2.45) is 16.1 Å². The molecule has 3 atom stereocenters. The first-order valence-corrected chi connectivity index (χ1v) is 16.9. The predicted octanol–water partition coefficient (Wildman–Crippen LogP) is 6.84. The summed E-state index contributed by atoms with van der Waals surface area (Å²) >= 11 is 0. The summed E-state index contributed by atoms with van der Waals surface area (Å²) in [6, 6.07) is 0.161. The first kappa shape index (κ1) is 34.2. The van der Waals surface area contributed by atoms with Crippen LogP contribution in [0.2, 0.25) is 0 Å². The molecule has 0 aliphatic carbocycles. The number of hydrogen-bond donors (Lipinski definition) is 3. The first-order chi connectivity index (χ1) is 19.5. The van der Waals surface area contributed by atoms with Gasteiger partial charge in [-0.05, 0) is 126 Å². The molecule has 2 fully saturated rings. The van der Waals surface area contributed by atoms with Crippen molar-refractivity contribution in [3.8, 4) is 0 Å². The van der Waals surface area contributed by atoms with Gasteiger partial charge >= 0.3 is 0 Å². The van der Waals surface area contributed by atoms with Gasteiger partial charge in [-0.3, -0.25) is 9.89 Å². The Morgan fingerprint density at radius 2 is 1.51 bits per heavy atom. The largest absolute Gasteiger partial charge is 0.349 e. The summed E-state index contributed by atoms with van der Waals surface area (Å²) in [5, 5.41) is 7.56. The van der Waals surface area contributed by atoms with Crippen LogP contribution in [0.5, 0.6) is 0 Å². The molecule has 4 bridgehead atoms. The Labute approximate surface area is 263 Å². The van der Waals surface area contributed by atoms with Gasteiger partial charge in [-0.25, -0.2) is 4.98 Å². The Hall–Kier alpha value is -1.64. The van der Waals surface area contributed by atoms with E-state index in [2.05, 4.69) is 106 Å². The van der Waals surface area contributed by atoms with E-state index in [-0.39, 0.29) is 51.1 Å². The van der Waals surface area contributed by atoms with Gasteiger partial charge in [0.15, 0.2) is 5.82 Å². The number of nitrogens with one attached hydrogen (secondary N) is 2. The maximum atomic E-state index is 7.08. The minimum absolute atomic E-state index is 0.0103. The molecule has 244 valence electrons. The monoisotopic (exact) mass is 597 g/mol. The predicted molar refractivity (Wildman–Crippen MR) is 181 cm³/mol. The Morgan fingerprint density at radius 3 is 2.12 bits per heavy atom. The van der Waals surface area contributed by atoms with Crippen LogP contribution >= 0.6 is 0 Å². The van der Waals surface area contributed by atoms with Crippen LogP contribution in [0.25, 0.3) is 0 Å². The number of hydrogen-bond acceptors (Lipinski definition) is 8. The third kappa shape index (κ3) is 8.35. The van der Waals surface area contributed by atoms with Crippen molar-refractivity contribution >= 4 is 11.7 Å². The summed E-state index contributed by atoms with van der Waals surface area (Å²) in [5.41, 5.74) is 7.91. The summed E-state index contributed by atoms with van der Waals surface area (Å²) in [5.74, 6) is 2.15. The van der Waals surface area contributed by atoms with Crippen LogP contribution in [0.4, 0.5) is 5.95 Å². The van der Waals surface area contributed by atoms with Gasteiger partial charge in [-0.1, -0.05) is 27.2 Å². The first-order valence-electron chi connectivity index (χ1n) is 16.9. The molecule has 0 radical (unpaired) electrons. The van der Waals surface area contributed by atoms with Crippen LogP contribution in [0.3, 0.4) is 0 Å². The minimum Gasteiger partial charge on any atom is -0.349 e. The van der Waals surface area contributed by atoms with Crippen LogP contribution in [0.15, 0.2) is 4.99 Å². The van der Waals surface area contributed by atoms with Gasteiger partial charge in [0.05, 0.1) is 17.7 Å². The zero-order chi connectivity index (χ0) is 32.2. The molecule has 3 aliphatic rings. The van der Waals surface area contributed by atoms with E-state index in [4.69, 9.17) is 25.7 Å². The molecule has 4 rings (SSSR count). The zero-order valence-electron chi connectivity index (χ0n) is 29.9. The second-order valence-electron chi connectivity index (χ2n) is 18.4. The van der Waals surface area contributed by atoms with Gasteiger partial charge < -0.3 is 16.4 Å². The highest BCUT2D eigenvalue weighted by molar-refractivity contribution is 5.97. The van der Waals surface area contributed by atoms with E-state index in [9.17, 15) is 0 Å². The molecule has 4 heterocycles. The standard InChI is InChI=1S/C35H64N8/c1-30(2,3)22-33(8,9)41-29-39-27-25(37-23-19-31(4,5)42-32(6,7)20-23)17-15-14-16-18-43-34(10,11)21-24(36)26(35(43,12)13)28(38-27)40-29/h23-24,26,42H,14-22,36H2,1-13H3,(H,38,39,40,41). The van der Waals surface area contributed by atoms with E-state index in [0.29, 0.717) is 5.95 Å². The van der Waals surface area contributed by atoms with E-state index in [1.54, 1.807) is 0 Å². The fourth-order valence-electron chi connectivity index (χ4n) is 9.32. The van der Waals surface area contributed by atoms with Crippen molar-refractivity contribution in [3.05, 3.63) is 11.6 Å². The minimum atomic E-state index is -0.211. The summed E-state index contributed by atoms with van der Waals surface area (Å²) in [6.45, 7) is 31.0. The number of nitrogens with zero attached hydrogens (tertiary/aromatic N) is 5. The smallest absolute Gasteiger partial charge is 0.226 e. The number of anilines is 1. The van der Waals surface area contributed by atoms with E-state index in [1.807, 2.05) is 0 Å². The molecular weight excluding hydrogens is 532 g/mol. The molecule has 43 heavy (non-hydrogen) atoms. The highest BCUT2D eigenvalue weighted by atomic mass is 15.3. The molecule has 0 saturated carbocycles. The lowest BCUT2D eigenvalue weighted by Gasteiger charge is -2.58. The van der Waals surface area contributed by atoms with Gasteiger partial charge in [-0.15, -0.1) is 0 Å². The molecule has 4 N–H and O–H groups in total. The lowest BCUT2D eigenvalue weighted by atomic mass is 9.69. The lowest BCUT2D eigenvalue weighted by molar-refractivity contribution is -0.0532. The molecule has 8 nitrogen and oxygen atoms in total. The fraction of sp³-hybridized carbons (Fsp3) is 0.886. The quantitative estimate of drug-likeness (QED) is 0.349. The van der Waals surface area contributed by atoms with Gasteiger partial charge in [0.25, 0.3) is 0 Å². The lowest BCUT2D eigenvalue weighted by Crippen LogP contribution is -2.67. The van der Waals surface area contributed by atoms with Crippen LogP contribution in [0.1, 0.15) is 159 Å². The summed E-state index contributed by atoms with van der Waals surface area (Å²) in [6.07, 6.45) is 8.14. The van der Waals surface area contributed by atoms with Crippen LogP contribution in [0, 0.1) is 5.41 Å². The summed E-state index contributed by atoms with van der Waals surface area (Å²) in [7, 11) is 0. The molecule has 1 aromatic heterocycles. The molecule has 2 saturated heterocycles. The second-order valence-corrected chi connectivity index (χ2v) is 18.4. The number of nitrogens with two attached hydrogens (primary N) is 1. The number of piperidine rings is 2. The number of rotatable bonds is 4. The molecular formula is C35H64N8. The zero-order valence-corrected chi connectivity index (χ0v) is 29.9. The third-order valence-electron chi connectivity index (χ3n) is 9.76. The highest BCUT2D eigenvalue weighted by Crippen LogP contribution is 2.46. The Kier molecular flexibility index (Phi) is 9.25. The molecule has 0 aromatic carbocycles. The van der Waals surface area contributed by atoms with E-state index < -0.39 is 0 Å². The highest BCUT2D eigenvalue weighted by Gasteiger charge is 2.52. The van der Waals surface area contributed by atoms with Gasteiger partial charge in [0.2, 0.25) is 5.95 Å². The van der Waals surface area contributed by atoms with Crippen molar-refractivity contribution in [2.45, 2.75) is 187 Å². The Balaban J connectivity index is 1.87. The SMILES string of the molecule is CC(C)(C)CC(C)(C)Nc1nc2nc(n1)C1C(N)CC(C)(C)N(CCCCCC2=NC2CC(C)(C)NC(C)(C)C2)C1(C)C. The van der Waals surface area contributed by atoms with Gasteiger partial charge in [0.1, 0.15) is 5.82 Å². The maximum absolute atomic E-state index is 7.08. The summed E-state index contributed by atoms with van der Waals surface area (Å²) in [4.78, 5) is 23.8. The molecule has 8 heteroatoms. The van der Waals surface area contributed by atoms with Crippen molar-refractivity contribution in [2.75, 3.05) is 11.9 Å². The van der Waals surface area contributed by atoms with Crippen LogP contribution in [-0.4, -0.2) is 71.9 Å². The Bertz CT molecular complexity index is 1160. The fourth-order valence-corrected chi connectivity index (χ4v) is 9.32. The van der Waals surface area contributed by atoms with E-state index in [1.165, 1.54) is 0 Å². The topological polar surface area (TPSA) is 104 Å². The normalized spacial score (nSPS) is 30.3. The van der Waals surface area contributed by atoms with Crippen molar-refractivity contribution in [1.82, 2.24) is 25.2 Å². The van der Waals surface area contributed by atoms with Crippen LogP contribution < -0.4 is 16.4 Å². The van der Waals surface area contributed by atoms with Crippen molar-refractivity contribution in [3.63, 3.8) is 0 Å². The van der Waals surface area contributed by atoms with Gasteiger partial charge in [-0.2, -0.15) is 9.97 Å². The maximum Gasteiger partial charge on any atom is 0.226 e. The van der Waals surface area contributed by atoms with Crippen molar-refractivity contribution in [1.29, 1.82) is 0 Å². The molecule has 3 unspecified atom stereocenters. The van der Waals surface area contributed by atoms with Crippen molar-refractivity contribution < 1.29 is 0 Å². The van der Waals surface area contributed by atoms with Crippen LogP contribution in [-0.2, 0) is 0 Å². The van der Waals surface area contributed by atoms with Gasteiger partial charge in [0, 0.05) is 33.7 Å². The number of aromatic nitrogens is 3. The molecule has 1 aromatic rings. The third-order valence-corrected chi connectivity index (χ3v) is 9.76. The molecule has 3 aliphatic heterocycles. The Morgan fingerprint density at radius 1 is 0.884 bits per heavy atom. The number of fused-ring (bicyclic) bond motifs is 5. The summed E-state index contributed by atoms with van der Waals surface area (Å²) < 4.78 is 0. The average molecular weight is 597 g/mol. The number of aliphatic imine (C=N–C) groups is 1. The van der Waals surface area contributed by atoms with E-state index in [0.717, 1.165) is 75.3 Å². The molecule has 0 spiro atoms. The second kappa shape index (κ2) is 11.6.